The lowest BCUT2D eigenvalue weighted by atomic mass is 10.1. The molecule has 2 N–H and O–H groups in total. The van der Waals surface area contributed by atoms with Crippen molar-refractivity contribution < 1.29 is 24.1 Å². The van der Waals surface area contributed by atoms with Crippen molar-refractivity contribution in [1.29, 1.82) is 0 Å². The van der Waals surface area contributed by atoms with E-state index >= 15 is 0 Å². The van der Waals surface area contributed by atoms with Crippen LogP contribution in [0.4, 0.5) is 0 Å². The number of methoxy groups -OCH3 is 2. The summed E-state index contributed by atoms with van der Waals surface area (Å²) in [6.45, 7) is 3.47. The Hall–Kier alpha value is -2.73. The summed E-state index contributed by atoms with van der Waals surface area (Å²) >= 11 is 0. The lowest BCUT2D eigenvalue weighted by molar-refractivity contribution is -0.124. The van der Waals surface area contributed by atoms with Gasteiger partial charge in [0.25, 0.3) is 0 Å². The number of hydrogen-bond acceptors (Lipinski definition) is 5. The molecule has 1 amide bonds. The Morgan fingerprint density at radius 1 is 1.08 bits per heavy atom. The fraction of sp³-hybridized carbons (Fsp3) is 0.350. The number of aliphatic hydroxyl groups is 1. The van der Waals surface area contributed by atoms with E-state index in [0.717, 1.165) is 11.1 Å². The van der Waals surface area contributed by atoms with Crippen LogP contribution in [0, 0.1) is 6.92 Å². The van der Waals surface area contributed by atoms with Gasteiger partial charge in [0.15, 0.2) is 17.7 Å². The third kappa shape index (κ3) is 5.13. The molecule has 0 aliphatic heterocycles. The summed E-state index contributed by atoms with van der Waals surface area (Å²) in [6.07, 6.45) is -1.59. The van der Waals surface area contributed by atoms with E-state index in [1.165, 1.54) is 0 Å². The van der Waals surface area contributed by atoms with Gasteiger partial charge in [0.2, 0.25) is 5.91 Å². The first-order valence-corrected chi connectivity index (χ1v) is 8.35. The molecule has 0 aliphatic carbocycles. The SMILES string of the molecule is COc1ccc(CC(=O)NC(Oc2ccccc2C)C(C)O)cc1OC. The van der Waals surface area contributed by atoms with Crippen LogP contribution in [0.3, 0.4) is 0 Å². The molecule has 2 atom stereocenters. The fourth-order valence-corrected chi connectivity index (χ4v) is 2.46. The predicted molar refractivity (Wildman–Crippen MR) is 98.7 cm³/mol. The first kappa shape index (κ1) is 19.6. The molecule has 6 heteroatoms. The predicted octanol–water partition coefficient (Wildman–Crippen LogP) is 2.46. The van der Waals surface area contributed by atoms with Crippen LogP contribution in [0.5, 0.6) is 17.2 Å². The van der Waals surface area contributed by atoms with Crippen LogP contribution < -0.4 is 19.5 Å². The van der Waals surface area contributed by atoms with Gasteiger partial charge in [-0.25, -0.2) is 0 Å². The average Bonchev–Trinajstić information content (AvgIpc) is 2.62. The van der Waals surface area contributed by atoms with E-state index in [2.05, 4.69) is 5.32 Å². The van der Waals surface area contributed by atoms with Crippen molar-refractivity contribution in [3.05, 3.63) is 53.6 Å². The molecule has 0 bridgehead atoms. The molecular formula is C20H25NO5. The van der Waals surface area contributed by atoms with Crippen LogP contribution in [0.1, 0.15) is 18.1 Å². The molecule has 0 spiro atoms. The first-order chi connectivity index (χ1) is 12.4. The van der Waals surface area contributed by atoms with Gasteiger partial charge in [0, 0.05) is 0 Å². The molecule has 0 aromatic heterocycles. The minimum Gasteiger partial charge on any atom is -0.493 e. The number of nitrogens with one attached hydrogen (secondary N) is 1. The van der Waals surface area contributed by atoms with Gasteiger partial charge in [-0.05, 0) is 43.2 Å². The Labute approximate surface area is 153 Å². The van der Waals surface area contributed by atoms with Gasteiger partial charge >= 0.3 is 0 Å². The highest BCUT2D eigenvalue weighted by molar-refractivity contribution is 5.79. The molecule has 0 aliphatic rings. The summed E-state index contributed by atoms with van der Waals surface area (Å²) in [7, 11) is 3.10. The number of benzene rings is 2. The number of amides is 1. The van der Waals surface area contributed by atoms with Gasteiger partial charge in [-0.2, -0.15) is 0 Å². The van der Waals surface area contributed by atoms with E-state index in [-0.39, 0.29) is 12.3 Å². The number of aryl methyl sites for hydroxylation is 1. The number of rotatable bonds is 8. The topological polar surface area (TPSA) is 77.0 Å². The lowest BCUT2D eigenvalue weighted by Gasteiger charge is -2.23. The number of carbonyl (C=O) groups excluding carboxylic acids is 1. The highest BCUT2D eigenvalue weighted by atomic mass is 16.5. The first-order valence-electron chi connectivity index (χ1n) is 8.35. The normalized spacial score (nSPS) is 12.8. The maximum absolute atomic E-state index is 12.4. The third-order valence-electron chi connectivity index (χ3n) is 3.90. The lowest BCUT2D eigenvalue weighted by Crippen LogP contribution is -2.46. The maximum Gasteiger partial charge on any atom is 0.227 e. The maximum atomic E-state index is 12.4. The van der Waals surface area contributed by atoms with E-state index in [0.29, 0.717) is 17.2 Å². The second-order valence-electron chi connectivity index (χ2n) is 5.98. The molecule has 0 saturated heterocycles. The minimum absolute atomic E-state index is 0.126. The Balaban J connectivity index is 2.05. The van der Waals surface area contributed by atoms with Gasteiger partial charge in [0.05, 0.1) is 20.6 Å². The van der Waals surface area contributed by atoms with Crippen molar-refractivity contribution in [3.8, 4) is 17.2 Å². The van der Waals surface area contributed by atoms with Crippen LogP contribution in [-0.4, -0.2) is 37.6 Å². The van der Waals surface area contributed by atoms with Crippen molar-refractivity contribution in [2.75, 3.05) is 14.2 Å². The monoisotopic (exact) mass is 359 g/mol. The zero-order valence-electron chi connectivity index (χ0n) is 15.5. The Morgan fingerprint density at radius 2 is 1.77 bits per heavy atom. The van der Waals surface area contributed by atoms with E-state index < -0.39 is 12.3 Å². The second kappa shape index (κ2) is 9.10. The largest absolute Gasteiger partial charge is 0.493 e. The number of carbonyl (C=O) groups is 1. The summed E-state index contributed by atoms with van der Waals surface area (Å²) in [4.78, 5) is 12.4. The fourth-order valence-electron chi connectivity index (χ4n) is 2.46. The van der Waals surface area contributed by atoms with Gasteiger partial charge in [-0.15, -0.1) is 0 Å². The van der Waals surface area contributed by atoms with E-state index in [1.54, 1.807) is 45.4 Å². The number of hydrogen-bond donors (Lipinski definition) is 2. The van der Waals surface area contributed by atoms with Gasteiger partial charge in [0.1, 0.15) is 11.9 Å². The van der Waals surface area contributed by atoms with Crippen molar-refractivity contribution in [2.45, 2.75) is 32.6 Å². The molecule has 0 fully saturated rings. The molecule has 0 heterocycles. The summed E-state index contributed by atoms with van der Waals surface area (Å²) in [5.41, 5.74) is 1.69. The van der Waals surface area contributed by atoms with Crippen molar-refractivity contribution in [2.24, 2.45) is 0 Å². The molecule has 6 nitrogen and oxygen atoms in total. The van der Waals surface area contributed by atoms with Gasteiger partial charge < -0.3 is 24.6 Å². The molecular weight excluding hydrogens is 334 g/mol. The molecule has 2 unspecified atom stereocenters. The highest BCUT2D eigenvalue weighted by Gasteiger charge is 2.20. The Kier molecular flexibility index (Phi) is 6.86. The summed E-state index contributed by atoms with van der Waals surface area (Å²) in [5, 5.41) is 12.7. The Morgan fingerprint density at radius 3 is 2.38 bits per heavy atom. The van der Waals surface area contributed by atoms with Crippen LogP contribution in [0.2, 0.25) is 0 Å². The molecule has 0 saturated carbocycles. The van der Waals surface area contributed by atoms with Gasteiger partial charge in [-0.3, -0.25) is 4.79 Å². The average molecular weight is 359 g/mol. The zero-order valence-corrected chi connectivity index (χ0v) is 15.5. The summed E-state index contributed by atoms with van der Waals surface area (Å²) in [6, 6.07) is 12.7. The number of para-hydroxylation sites is 1. The van der Waals surface area contributed by atoms with Crippen LogP contribution >= 0.6 is 0 Å². The molecule has 2 rings (SSSR count). The Bertz CT molecular complexity index is 745. The quantitative estimate of drug-likeness (QED) is 0.708. The van der Waals surface area contributed by atoms with Gasteiger partial charge in [-0.1, -0.05) is 24.3 Å². The molecule has 0 radical (unpaired) electrons. The number of ether oxygens (including phenoxy) is 3. The van der Waals surface area contributed by atoms with Crippen LogP contribution in [0.15, 0.2) is 42.5 Å². The van der Waals surface area contributed by atoms with Crippen molar-refractivity contribution in [1.82, 2.24) is 5.32 Å². The van der Waals surface area contributed by atoms with Crippen LogP contribution in [-0.2, 0) is 11.2 Å². The summed E-state index contributed by atoms with van der Waals surface area (Å²) < 4.78 is 16.2. The highest BCUT2D eigenvalue weighted by Crippen LogP contribution is 2.27. The smallest absolute Gasteiger partial charge is 0.227 e. The molecule has 26 heavy (non-hydrogen) atoms. The van der Waals surface area contributed by atoms with E-state index in [4.69, 9.17) is 14.2 Å². The zero-order chi connectivity index (χ0) is 19.1. The molecule has 2 aromatic carbocycles. The van der Waals surface area contributed by atoms with Crippen molar-refractivity contribution in [3.63, 3.8) is 0 Å². The molecule has 2 aromatic rings. The van der Waals surface area contributed by atoms with Crippen LogP contribution in [0.25, 0.3) is 0 Å². The number of aliphatic hydroxyl groups excluding tert-OH is 1. The van der Waals surface area contributed by atoms with E-state index in [1.807, 2.05) is 25.1 Å². The molecule has 140 valence electrons. The van der Waals surface area contributed by atoms with E-state index in [9.17, 15) is 9.90 Å². The summed E-state index contributed by atoms with van der Waals surface area (Å²) in [5.74, 6) is 1.50. The minimum atomic E-state index is -0.871. The third-order valence-corrected chi connectivity index (χ3v) is 3.90. The second-order valence-corrected chi connectivity index (χ2v) is 5.98. The van der Waals surface area contributed by atoms with Crippen molar-refractivity contribution >= 4 is 5.91 Å². The standard InChI is InChI=1S/C20H25NO5/c1-13-7-5-6-8-16(13)26-20(14(2)22)21-19(23)12-15-9-10-17(24-3)18(11-15)25-4/h5-11,14,20,22H,12H2,1-4H3,(H,21,23).